The first-order valence-electron chi connectivity index (χ1n) is 3.92. The van der Waals surface area contributed by atoms with Gasteiger partial charge in [-0.25, -0.2) is 0 Å². The van der Waals surface area contributed by atoms with E-state index in [1.807, 2.05) is 6.92 Å². The summed E-state index contributed by atoms with van der Waals surface area (Å²) in [5, 5.41) is 0.183. The summed E-state index contributed by atoms with van der Waals surface area (Å²) >= 11 is 5.80. The van der Waals surface area contributed by atoms with Gasteiger partial charge in [-0.3, -0.25) is 4.55 Å². The van der Waals surface area contributed by atoms with E-state index in [1.165, 1.54) is 12.1 Å². The summed E-state index contributed by atoms with van der Waals surface area (Å²) < 4.78 is 30.4. The lowest BCUT2D eigenvalue weighted by atomic mass is 10.1. The van der Waals surface area contributed by atoms with Crippen molar-refractivity contribution >= 4 is 27.4 Å². The topological polar surface area (TPSA) is 80.4 Å². The molecule has 0 atom stereocenters. The van der Waals surface area contributed by atoms with Crippen LogP contribution in [0.5, 0.6) is 0 Å². The first-order chi connectivity index (χ1) is 6.38. The molecule has 0 aliphatic carbocycles. The number of anilines is 1. The molecule has 1 aromatic carbocycles. The molecule has 0 unspecified atom stereocenters. The van der Waals surface area contributed by atoms with Gasteiger partial charge in [0.2, 0.25) is 0 Å². The van der Waals surface area contributed by atoms with Crippen LogP contribution in [0.3, 0.4) is 0 Å². The summed E-state index contributed by atoms with van der Waals surface area (Å²) in [4.78, 5) is -0.347. The van der Waals surface area contributed by atoms with Gasteiger partial charge in [0.05, 0.1) is 10.7 Å². The zero-order valence-corrected chi connectivity index (χ0v) is 9.06. The smallest absolute Gasteiger partial charge is 0.296 e. The van der Waals surface area contributed by atoms with Gasteiger partial charge in [0, 0.05) is 0 Å². The van der Waals surface area contributed by atoms with Gasteiger partial charge in [-0.05, 0) is 18.1 Å². The molecule has 0 aliphatic rings. The minimum absolute atomic E-state index is 0.103. The van der Waals surface area contributed by atoms with Gasteiger partial charge in [0.15, 0.2) is 0 Å². The Morgan fingerprint density at radius 2 is 2.07 bits per heavy atom. The predicted molar refractivity (Wildman–Crippen MR) is 55.1 cm³/mol. The molecule has 0 fully saturated rings. The van der Waals surface area contributed by atoms with Crippen molar-refractivity contribution in [2.45, 2.75) is 18.2 Å². The van der Waals surface area contributed by atoms with Crippen molar-refractivity contribution in [1.29, 1.82) is 0 Å². The zero-order valence-electron chi connectivity index (χ0n) is 7.49. The van der Waals surface area contributed by atoms with Crippen molar-refractivity contribution in [1.82, 2.24) is 0 Å². The van der Waals surface area contributed by atoms with E-state index in [1.54, 1.807) is 0 Å². The second-order valence-electron chi connectivity index (χ2n) is 2.78. The number of hydrogen-bond donors (Lipinski definition) is 2. The van der Waals surface area contributed by atoms with E-state index in [2.05, 4.69) is 0 Å². The van der Waals surface area contributed by atoms with Crippen molar-refractivity contribution in [2.24, 2.45) is 0 Å². The van der Waals surface area contributed by atoms with E-state index in [-0.39, 0.29) is 15.6 Å². The van der Waals surface area contributed by atoms with Gasteiger partial charge in [-0.2, -0.15) is 8.42 Å². The maximum atomic E-state index is 10.8. The molecule has 78 valence electrons. The van der Waals surface area contributed by atoms with Crippen molar-refractivity contribution in [3.63, 3.8) is 0 Å². The predicted octanol–water partition coefficient (Wildman–Crippen LogP) is 1.73. The normalized spacial score (nSPS) is 11.6. The summed E-state index contributed by atoms with van der Waals surface area (Å²) in [6.07, 6.45) is 0.648. The molecular formula is C8H10ClNO3S. The largest absolute Gasteiger partial charge is 0.396 e. The number of hydrogen-bond acceptors (Lipinski definition) is 3. The molecule has 0 saturated heterocycles. The fraction of sp³-hybridized carbons (Fsp3) is 0.250. The highest BCUT2D eigenvalue weighted by molar-refractivity contribution is 7.86. The fourth-order valence-electron chi connectivity index (χ4n) is 1.12. The number of aryl methyl sites for hydroxylation is 1. The van der Waals surface area contributed by atoms with Crippen molar-refractivity contribution in [2.75, 3.05) is 5.73 Å². The molecule has 0 radical (unpaired) electrons. The van der Waals surface area contributed by atoms with E-state index >= 15 is 0 Å². The Hall–Kier alpha value is -0.780. The quantitative estimate of drug-likeness (QED) is 0.604. The zero-order chi connectivity index (χ0) is 10.9. The summed E-state index contributed by atoms with van der Waals surface area (Å²) in [6.45, 7) is 1.87. The molecule has 0 bridgehead atoms. The van der Waals surface area contributed by atoms with Gasteiger partial charge in [0.1, 0.15) is 4.90 Å². The van der Waals surface area contributed by atoms with Gasteiger partial charge in [-0.15, -0.1) is 0 Å². The van der Waals surface area contributed by atoms with Crippen LogP contribution in [-0.4, -0.2) is 13.0 Å². The van der Waals surface area contributed by atoms with Crippen LogP contribution < -0.4 is 5.73 Å². The molecule has 0 aliphatic heterocycles. The summed E-state index contributed by atoms with van der Waals surface area (Å²) in [5.41, 5.74) is 6.12. The third kappa shape index (κ3) is 2.00. The molecule has 14 heavy (non-hydrogen) atoms. The van der Waals surface area contributed by atoms with Crippen LogP contribution in [0.4, 0.5) is 5.69 Å². The van der Waals surface area contributed by atoms with Crippen LogP contribution in [-0.2, 0) is 16.5 Å². The first-order valence-corrected chi connectivity index (χ1v) is 5.74. The number of halogens is 1. The molecule has 0 heterocycles. The van der Waals surface area contributed by atoms with Crippen LogP contribution in [0.15, 0.2) is 17.0 Å². The molecule has 4 nitrogen and oxygen atoms in total. The van der Waals surface area contributed by atoms with Gasteiger partial charge in [-0.1, -0.05) is 24.6 Å². The highest BCUT2D eigenvalue weighted by atomic mass is 35.5. The average molecular weight is 236 g/mol. The summed E-state index contributed by atoms with van der Waals surface area (Å²) in [6, 6.07) is 2.77. The lowest BCUT2D eigenvalue weighted by Gasteiger charge is -2.07. The average Bonchev–Trinajstić information content (AvgIpc) is 2.07. The Balaban J connectivity index is 3.47. The van der Waals surface area contributed by atoms with Crippen LogP contribution in [0.1, 0.15) is 12.5 Å². The fourth-order valence-corrected chi connectivity index (χ4v) is 2.09. The Morgan fingerprint density at radius 3 is 2.50 bits per heavy atom. The van der Waals surface area contributed by atoms with E-state index < -0.39 is 10.1 Å². The molecular weight excluding hydrogens is 226 g/mol. The van der Waals surface area contributed by atoms with Gasteiger partial charge >= 0.3 is 0 Å². The third-order valence-electron chi connectivity index (χ3n) is 1.88. The van der Waals surface area contributed by atoms with Gasteiger partial charge < -0.3 is 5.73 Å². The van der Waals surface area contributed by atoms with E-state index in [0.717, 1.165) is 5.56 Å². The third-order valence-corrected chi connectivity index (χ3v) is 3.24. The second kappa shape index (κ2) is 3.76. The van der Waals surface area contributed by atoms with Crippen molar-refractivity contribution < 1.29 is 13.0 Å². The number of nitrogen functional groups attached to an aromatic ring is 1. The molecule has 6 heteroatoms. The Morgan fingerprint density at radius 1 is 1.50 bits per heavy atom. The lowest BCUT2D eigenvalue weighted by molar-refractivity contribution is 0.483. The Labute approximate surface area is 87.4 Å². The van der Waals surface area contributed by atoms with Crippen LogP contribution >= 0.6 is 11.6 Å². The van der Waals surface area contributed by atoms with Crippen LogP contribution in [0.25, 0.3) is 0 Å². The maximum absolute atomic E-state index is 10.8. The summed E-state index contributed by atoms with van der Waals surface area (Å²) in [5.74, 6) is 0. The second-order valence-corrected chi connectivity index (χ2v) is 4.55. The molecule has 0 amide bonds. The Kier molecular flexibility index (Phi) is 3.04. The minimum Gasteiger partial charge on any atom is -0.396 e. The monoisotopic (exact) mass is 235 g/mol. The maximum Gasteiger partial charge on any atom is 0.296 e. The molecule has 1 aromatic rings. The number of benzene rings is 1. The Bertz CT molecular complexity index is 456. The number of nitrogens with two attached hydrogens (primary N) is 1. The lowest BCUT2D eigenvalue weighted by Crippen LogP contribution is -2.04. The number of rotatable bonds is 2. The van der Waals surface area contributed by atoms with E-state index in [4.69, 9.17) is 21.9 Å². The van der Waals surface area contributed by atoms with E-state index in [9.17, 15) is 8.42 Å². The molecule has 0 saturated carbocycles. The van der Waals surface area contributed by atoms with Crippen molar-refractivity contribution in [3.05, 3.63) is 22.7 Å². The van der Waals surface area contributed by atoms with Crippen LogP contribution in [0, 0.1) is 0 Å². The highest BCUT2D eigenvalue weighted by Crippen LogP contribution is 2.30. The standard InChI is InChI=1S/C8H10ClNO3S/c1-2-5-3-4-6(14(11,12)13)8(10)7(5)9/h3-4H,2,10H2,1H3,(H,11,12,13). The van der Waals surface area contributed by atoms with E-state index in [0.29, 0.717) is 6.42 Å². The molecule has 0 aromatic heterocycles. The summed E-state index contributed by atoms with van der Waals surface area (Å²) in [7, 11) is -4.29. The highest BCUT2D eigenvalue weighted by Gasteiger charge is 2.17. The SMILES string of the molecule is CCc1ccc(S(=O)(=O)O)c(N)c1Cl. The molecule has 3 N–H and O–H groups in total. The van der Waals surface area contributed by atoms with Gasteiger partial charge in [0.25, 0.3) is 10.1 Å². The first kappa shape index (κ1) is 11.3. The molecule has 0 spiro atoms. The van der Waals surface area contributed by atoms with Crippen LogP contribution in [0.2, 0.25) is 5.02 Å². The minimum atomic E-state index is -4.29. The molecule has 1 rings (SSSR count). The van der Waals surface area contributed by atoms with Crippen molar-refractivity contribution in [3.8, 4) is 0 Å².